The van der Waals surface area contributed by atoms with Crippen LogP contribution in [0.25, 0.3) is 0 Å². The number of nitrogens with two attached hydrogens (primary N) is 1. The van der Waals surface area contributed by atoms with Gasteiger partial charge in [0.1, 0.15) is 10.8 Å². The van der Waals surface area contributed by atoms with Crippen molar-refractivity contribution in [3.05, 3.63) is 50.4 Å². The fourth-order valence-corrected chi connectivity index (χ4v) is 4.06. The van der Waals surface area contributed by atoms with Crippen molar-refractivity contribution >= 4 is 33.8 Å². The van der Waals surface area contributed by atoms with Crippen LogP contribution < -0.4 is 15.8 Å². The average Bonchev–Trinajstić information content (AvgIpc) is 3.13. The number of primary amides is 1. The molecule has 1 aromatic carbocycles. The van der Waals surface area contributed by atoms with E-state index in [4.69, 9.17) is 10.5 Å². The Balaban J connectivity index is 1.67. The number of nitro groups is 1. The Labute approximate surface area is 146 Å². The zero-order chi connectivity index (χ0) is 18.0. The number of amides is 2. The van der Waals surface area contributed by atoms with Gasteiger partial charge in [0.05, 0.1) is 16.6 Å². The summed E-state index contributed by atoms with van der Waals surface area (Å²) in [6.07, 6.45) is 2.63. The summed E-state index contributed by atoms with van der Waals surface area (Å²) in [4.78, 5) is 35.0. The van der Waals surface area contributed by atoms with Crippen LogP contribution in [-0.4, -0.2) is 23.3 Å². The maximum Gasteiger partial charge on any atom is 0.273 e. The molecular weight excluding hydrogens is 346 g/mol. The number of hydrogen-bond donors (Lipinski definition) is 2. The van der Waals surface area contributed by atoms with Gasteiger partial charge in [-0.15, -0.1) is 11.3 Å². The van der Waals surface area contributed by atoms with Crippen LogP contribution in [0.3, 0.4) is 0 Å². The van der Waals surface area contributed by atoms with E-state index < -0.39 is 16.7 Å². The molecule has 2 aromatic rings. The van der Waals surface area contributed by atoms with Gasteiger partial charge in [-0.25, -0.2) is 0 Å². The lowest BCUT2D eigenvalue weighted by Crippen LogP contribution is -2.22. The number of non-ortho nitro benzene ring substituents is 1. The Bertz CT molecular complexity index is 861. The predicted octanol–water partition coefficient (Wildman–Crippen LogP) is 2.26. The van der Waals surface area contributed by atoms with Crippen LogP contribution in [-0.2, 0) is 17.6 Å². The van der Waals surface area contributed by atoms with Crippen LogP contribution in [0.1, 0.15) is 27.2 Å². The lowest BCUT2D eigenvalue weighted by molar-refractivity contribution is -0.384. The molecule has 0 unspecified atom stereocenters. The van der Waals surface area contributed by atoms with Crippen LogP contribution in [0.15, 0.2) is 24.3 Å². The zero-order valence-electron chi connectivity index (χ0n) is 13.1. The minimum Gasteiger partial charge on any atom is -0.484 e. The molecule has 0 bridgehead atoms. The van der Waals surface area contributed by atoms with Crippen LogP contribution in [0.4, 0.5) is 10.7 Å². The van der Waals surface area contributed by atoms with Crippen molar-refractivity contribution in [2.24, 2.45) is 5.73 Å². The number of nitro benzene ring substituents is 1. The number of carbonyl (C=O) groups is 2. The molecule has 9 heteroatoms. The van der Waals surface area contributed by atoms with Gasteiger partial charge < -0.3 is 15.8 Å². The lowest BCUT2D eigenvalue weighted by atomic mass is 10.1. The second kappa shape index (κ2) is 6.89. The number of thiophene rings is 1. The molecule has 0 saturated heterocycles. The van der Waals surface area contributed by atoms with E-state index in [9.17, 15) is 19.7 Å². The third kappa shape index (κ3) is 3.61. The van der Waals surface area contributed by atoms with E-state index in [2.05, 4.69) is 5.32 Å². The molecule has 0 atom stereocenters. The number of anilines is 1. The highest BCUT2D eigenvalue weighted by Gasteiger charge is 2.26. The van der Waals surface area contributed by atoms with E-state index in [0.29, 0.717) is 10.6 Å². The molecule has 1 aliphatic carbocycles. The molecule has 25 heavy (non-hydrogen) atoms. The topological polar surface area (TPSA) is 125 Å². The number of fused-ring (bicyclic) bond motifs is 1. The summed E-state index contributed by atoms with van der Waals surface area (Å²) in [7, 11) is 0. The van der Waals surface area contributed by atoms with Gasteiger partial charge in [0.15, 0.2) is 6.61 Å². The van der Waals surface area contributed by atoms with Gasteiger partial charge in [-0.2, -0.15) is 0 Å². The van der Waals surface area contributed by atoms with Crippen molar-refractivity contribution < 1.29 is 19.2 Å². The summed E-state index contributed by atoms with van der Waals surface area (Å²) in [6.45, 7) is -0.331. The minimum absolute atomic E-state index is 0.122. The number of ether oxygens (including phenoxy) is 1. The summed E-state index contributed by atoms with van der Waals surface area (Å²) in [5.74, 6) is -0.809. The first kappa shape index (κ1) is 16.9. The smallest absolute Gasteiger partial charge is 0.273 e. The Hall–Kier alpha value is -2.94. The van der Waals surface area contributed by atoms with E-state index in [1.807, 2.05) is 0 Å². The molecular formula is C16H15N3O5S. The monoisotopic (exact) mass is 361 g/mol. The quantitative estimate of drug-likeness (QED) is 0.603. The van der Waals surface area contributed by atoms with E-state index in [1.54, 1.807) is 0 Å². The normalized spacial score (nSPS) is 12.5. The highest BCUT2D eigenvalue weighted by Crippen LogP contribution is 2.38. The summed E-state index contributed by atoms with van der Waals surface area (Å²) < 4.78 is 5.28. The third-order valence-corrected chi connectivity index (χ3v) is 5.03. The van der Waals surface area contributed by atoms with Crippen LogP contribution >= 0.6 is 11.3 Å². The van der Waals surface area contributed by atoms with Crippen molar-refractivity contribution in [2.45, 2.75) is 19.3 Å². The second-order valence-corrected chi connectivity index (χ2v) is 6.62. The molecule has 8 nitrogen and oxygen atoms in total. The van der Waals surface area contributed by atoms with E-state index >= 15 is 0 Å². The molecule has 3 N–H and O–H groups in total. The summed E-state index contributed by atoms with van der Waals surface area (Å²) in [6, 6.07) is 5.57. The first-order chi connectivity index (χ1) is 12.0. The van der Waals surface area contributed by atoms with Gasteiger partial charge in [0.2, 0.25) is 0 Å². The maximum atomic E-state index is 12.1. The number of aryl methyl sites for hydroxylation is 1. The van der Waals surface area contributed by atoms with Gasteiger partial charge in [0, 0.05) is 10.9 Å². The SMILES string of the molecule is NC(=O)c1c(NC(=O)COc2cccc([N+](=O)[O-])c2)sc2c1CCC2. The average molecular weight is 361 g/mol. The molecule has 1 heterocycles. The number of rotatable bonds is 6. The number of nitrogens with zero attached hydrogens (tertiary/aromatic N) is 1. The zero-order valence-corrected chi connectivity index (χ0v) is 13.9. The summed E-state index contributed by atoms with van der Waals surface area (Å²) in [5.41, 5.74) is 6.62. The van der Waals surface area contributed by atoms with Crippen molar-refractivity contribution in [3.63, 3.8) is 0 Å². The highest BCUT2D eigenvalue weighted by atomic mass is 32.1. The van der Waals surface area contributed by atoms with Gasteiger partial charge in [0.25, 0.3) is 17.5 Å². The molecule has 0 spiro atoms. The van der Waals surface area contributed by atoms with Crippen molar-refractivity contribution in [3.8, 4) is 5.75 Å². The fourth-order valence-electron chi connectivity index (χ4n) is 2.75. The molecule has 2 amide bonds. The van der Waals surface area contributed by atoms with Crippen molar-refractivity contribution in [2.75, 3.05) is 11.9 Å². The predicted molar refractivity (Wildman–Crippen MR) is 92.1 cm³/mol. The van der Waals surface area contributed by atoms with E-state index in [0.717, 1.165) is 29.7 Å². The molecule has 0 saturated carbocycles. The Morgan fingerprint density at radius 2 is 2.16 bits per heavy atom. The third-order valence-electron chi connectivity index (χ3n) is 3.82. The lowest BCUT2D eigenvalue weighted by Gasteiger charge is -2.08. The molecule has 1 aliphatic rings. The standard InChI is InChI=1S/C16H15N3O5S/c17-15(21)14-11-5-2-6-12(11)25-16(14)18-13(20)8-24-10-4-1-3-9(7-10)19(22)23/h1,3-4,7H,2,5-6,8H2,(H2,17,21)(H,18,20). The van der Waals surface area contributed by atoms with Crippen molar-refractivity contribution in [1.82, 2.24) is 0 Å². The number of benzene rings is 1. The maximum absolute atomic E-state index is 12.1. The molecule has 1 aromatic heterocycles. The van der Waals surface area contributed by atoms with Crippen LogP contribution in [0.5, 0.6) is 5.75 Å². The van der Waals surface area contributed by atoms with E-state index in [1.165, 1.54) is 35.6 Å². The Morgan fingerprint density at radius 3 is 2.88 bits per heavy atom. The largest absolute Gasteiger partial charge is 0.484 e. The first-order valence-corrected chi connectivity index (χ1v) is 8.39. The van der Waals surface area contributed by atoms with Gasteiger partial charge in [-0.3, -0.25) is 19.7 Å². The first-order valence-electron chi connectivity index (χ1n) is 7.57. The second-order valence-electron chi connectivity index (χ2n) is 5.52. The van der Waals surface area contributed by atoms with Crippen molar-refractivity contribution in [1.29, 1.82) is 0 Å². The molecule has 3 rings (SSSR count). The molecule has 0 aliphatic heterocycles. The van der Waals surface area contributed by atoms with Gasteiger partial charge in [-0.1, -0.05) is 6.07 Å². The molecule has 0 fully saturated rings. The highest BCUT2D eigenvalue weighted by molar-refractivity contribution is 7.17. The number of hydrogen-bond acceptors (Lipinski definition) is 6. The van der Waals surface area contributed by atoms with Gasteiger partial charge >= 0.3 is 0 Å². The number of nitrogens with one attached hydrogen (secondary N) is 1. The molecule has 130 valence electrons. The Morgan fingerprint density at radius 1 is 1.36 bits per heavy atom. The fraction of sp³-hybridized carbons (Fsp3) is 0.250. The summed E-state index contributed by atoms with van der Waals surface area (Å²) in [5, 5.41) is 13.8. The Kier molecular flexibility index (Phi) is 4.66. The van der Waals surface area contributed by atoms with Crippen LogP contribution in [0.2, 0.25) is 0 Å². The van der Waals surface area contributed by atoms with Crippen LogP contribution in [0, 0.1) is 10.1 Å². The minimum atomic E-state index is -0.561. The number of carbonyl (C=O) groups excluding carboxylic acids is 2. The molecule has 0 radical (unpaired) electrons. The summed E-state index contributed by atoms with van der Waals surface area (Å²) >= 11 is 1.36. The van der Waals surface area contributed by atoms with E-state index in [-0.39, 0.29) is 18.0 Å². The van der Waals surface area contributed by atoms with Gasteiger partial charge in [-0.05, 0) is 30.9 Å².